The van der Waals surface area contributed by atoms with Crippen LogP contribution in [-0.2, 0) is 0 Å². The molecule has 2 rings (SSSR count). The van der Waals surface area contributed by atoms with E-state index in [4.69, 9.17) is 0 Å². The quantitative estimate of drug-likeness (QED) is 0.436. The van der Waals surface area contributed by atoms with Crippen molar-refractivity contribution in [2.24, 2.45) is 5.92 Å². The molecule has 2 N–H and O–H groups in total. The smallest absolute Gasteiger partial charge is 0 e. The highest BCUT2D eigenvalue weighted by molar-refractivity contribution is 4.59. The molecular weight excluding hydrogens is 232 g/mol. The summed E-state index contributed by atoms with van der Waals surface area (Å²) in [4.78, 5) is 0. The second-order valence-electron chi connectivity index (χ2n) is 5.22. The molecule has 0 aromatic heterocycles. The summed E-state index contributed by atoms with van der Waals surface area (Å²) >= 11 is 0. The lowest BCUT2D eigenvalue weighted by Gasteiger charge is -2.15. The van der Waals surface area contributed by atoms with Crippen molar-refractivity contribution in [2.45, 2.75) is 112 Å². The van der Waals surface area contributed by atoms with Gasteiger partial charge in [0.05, 0.1) is 0 Å². The molecular formula is C18H44O. The van der Waals surface area contributed by atoms with Gasteiger partial charge in [-0.05, 0) is 5.92 Å². The van der Waals surface area contributed by atoms with Crippen molar-refractivity contribution in [3.63, 3.8) is 0 Å². The van der Waals surface area contributed by atoms with E-state index in [0.29, 0.717) is 0 Å². The lowest BCUT2D eigenvalue weighted by molar-refractivity contribution is 0.385. The van der Waals surface area contributed by atoms with E-state index >= 15 is 0 Å². The third kappa shape index (κ3) is 20.4. The number of hydrogen-bond donors (Lipinski definition) is 0. The van der Waals surface area contributed by atoms with Crippen LogP contribution >= 0.6 is 0 Å². The molecule has 0 spiro atoms. The number of hydrogen-bond acceptors (Lipinski definition) is 0. The van der Waals surface area contributed by atoms with Gasteiger partial charge in [0.15, 0.2) is 0 Å². The Hall–Kier alpha value is -0.0400. The van der Waals surface area contributed by atoms with Crippen LogP contribution in [0.15, 0.2) is 0 Å². The highest BCUT2D eigenvalue weighted by Gasteiger charge is 2.05. The minimum atomic E-state index is 0. The van der Waals surface area contributed by atoms with E-state index in [1.807, 2.05) is 27.7 Å². The SMILES string of the molecule is C1CCCCCC1.CC.CC.CC1CCCCC1.O.[HH]. The van der Waals surface area contributed by atoms with Crippen LogP contribution in [0.2, 0.25) is 0 Å². The van der Waals surface area contributed by atoms with E-state index in [1.54, 1.807) is 0 Å². The minimum absolute atomic E-state index is 0. The Labute approximate surface area is 125 Å². The predicted molar refractivity (Wildman–Crippen MR) is 93.0 cm³/mol. The van der Waals surface area contributed by atoms with Gasteiger partial charge in [0, 0.05) is 1.43 Å². The maximum Gasteiger partial charge on any atom is 0 e. The first-order valence-corrected chi connectivity index (χ1v) is 8.89. The Morgan fingerprint density at radius 3 is 0.895 bits per heavy atom. The molecule has 122 valence electrons. The lowest BCUT2D eigenvalue weighted by Crippen LogP contribution is -1.99. The Bertz CT molecular complexity index is 103. The molecule has 0 heterocycles. The molecule has 0 radical (unpaired) electrons. The molecule has 1 nitrogen and oxygen atoms in total. The van der Waals surface area contributed by atoms with Gasteiger partial charge in [-0.15, -0.1) is 0 Å². The standard InChI is InChI=1S/2C7H14.2C2H6.H2O.H2/c1-7-5-3-2-4-6-7;1-2-4-6-7-5-3-1;2*1-2;;/h7H,2-6H2,1H3;1-7H2;2*1-2H3;1H2;1H. The van der Waals surface area contributed by atoms with Crippen LogP contribution in [0.5, 0.6) is 0 Å². The zero-order valence-corrected chi connectivity index (χ0v) is 14.6. The van der Waals surface area contributed by atoms with Crippen LogP contribution in [0.25, 0.3) is 0 Å². The largest absolute Gasteiger partial charge is 0.412 e. The third-order valence-electron chi connectivity index (χ3n) is 3.64. The molecule has 0 atom stereocenters. The van der Waals surface area contributed by atoms with Gasteiger partial charge in [-0.1, -0.05) is 112 Å². The van der Waals surface area contributed by atoms with Crippen molar-refractivity contribution in [3.8, 4) is 0 Å². The summed E-state index contributed by atoms with van der Waals surface area (Å²) in [6, 6.07) is 0. The topological polar surface area (TPSA) is 31.5 Å². The van der Waals surface area contributed by atoms with Crippen molar-refractivity contribution in [1.29, 1.82) is 0 Å². The van der Waals surface area contributed by atoms with Gasteiger partial charge >= 0.3 is 0 Å². The fourth-order valence-electron chi connectivity index (χ4n) is 2.54. The number of rotatable bonds is 0. The zero-order chi connectivity index (χ0) is 14.1. The fourth-order valence-corrected chi connectivity index (χ4v) is 2.54. The lowest BCUT2D eigenvalue weighted by atomic mass is 9.91. The summed E-state index contributed by atoms with van der Waals surface area (Å²) in [5, 5.41) is 0. The first-order valence-electron chi connectivity index (χ1n) is 8.89. The Kier molecular flexibility index (Phi) is 29.2. The minimum Gasteiger partial charge on any atom is -0.412 e. The van der Waals surface area contributed by atoms with Gasteiger partial charge in [0.1, 0.15) is 0 Å². The maximum absolute atomic E-state index is 2.36. The third-order valence-corrected chi connectivity index (χ3v) is 3.64. The Balaban J connectivity index is -0.0000000950. The van der Waals surface area contributed by atoms with Gasteiger partial charge in [-0.25, -0.2) is 0 Å². The molecule has 2 aliphatic carbocycles. The van der Waals surface area contributed by atoms with Gasteiger partial charge in [0.25, 0.3) is 0 Å². The second-order valence-corrected chi connectivity index (χ2v) is 5.22. The average molecular weight is 277 g/mol. The summed E-state index contributed by atoms with van der Waals surface area (Å²) in [6.45, 7) is 10.4. The van der Waals surface area contributed by atoms with E-state index in [2.05, 4.69) is 6.92 Å². The molecule has 0 bridgehead atoms. The molecule has 0 aliphatic heterocycles. The first-order chi connectivity index (χ1) is 8.89. The van der Waals surface area contributed by atoms with Crippen molar-refractivity contribution >= 4 is 0 Å². The molecule has 0 amide bonds. The zero-order valence-electron chi connectivity index (χ0n) is 14.6. The van der Waals surface area contributed by atoms with E-state index in [0.717, 1.165) is 5.92 Å². The average Bonchev–Trinajstić information content (AvgIpc) is 2.77. The van der Waals surface area contributed by atoms with E-state index in [1.165, 1.54) is 77.0 Å². The Morgan fingerprint density at radius 2 is 0.737 bits per heavy atom. The molecule has 0 aromatic carbocycles. The first kappa shape index (κ1) is 24.0. The summed E-state index contributed by atoms with van der Waals surface area (Å²) in [7, 11) is 0. The predicted octanol–water partition coefficient (Wildman–Crippen LogP) is 6.79. The van der Waals surface area contributed by atoms with Crippen LogP contribution in [0.1, 0.15) is 113 Å². The summed E-state index contributed by atoms with van der Waals surface area (Å²) in [5.74, 6) is 1.04. The van der Waals surface area contributed by atoms with Gasteiger partial charge in [-0.3, -0.25) is 0 Å². The fraction of sp³-hybridized carbons (Fsp3) is 1.00. The Morgan fingerprint density at radius 1 is 0.526 bits per heavy atom. The normalized spacial score (nSPS) is 18.8. The van der Waals surface area contributed by atoms with Crippen LogP contribution < -0.4 is 0 Å². The molecule has 2 fully saturated rings. The molecule has 2 saturated carbocycles. The van der Waals surface area contributed by atoms with Crippen molar-refractivity contribution in [3.05, 3.63) is 0 Å². The van der Waals surface area contributed by atoms with Crippen molar-refractivity contribution in [2.75, 3.05) is 0 Å². The van der Waals surface area contributed by atoms with E-state index in [-0.39, 0.29) is 6.90 Å². The maximum atomic E-state index is 2.36. The second kappa shape index (κ2) is 23.1. The summed E-state index contributed by atoms with van der Waals surface area (Å²) in [5.41, 5.74) is 0. The van der Waals surface area contributed by atoms with E-state index in [9.17, 15) is 0 Å². The highest BCUT2D eigenvalue weighted by atomic mass is 16.0. The van der Waals surface area contributed by atoms with Crippen molar-refractivity contribution < 1.29 is 6.90 Å². The molecule has 0 unspecified atom stereocenters. The van der Waals surface area contributed by atoms with Gasteiger partial charge in [0.2, 0.25) is 0 Å². The van der Waals surface area contributed by atoms with Crippen LogP contribution in [0, 0.1) is 5.92 Å². The molecule has 19 heavy (non-hydrogen) atoms. The molecule has 2 aliphatic rings. The highest BCUT2D eigenvalue weighted by Crippen LogP contribution is 2.22. The van der Waals surface area contributed by atoms with Crippen LogP contribution in [0.4, 0.5) is 0 Å². The molecule has 0 saturated heterocycles. The van der Waals surface area contributed by atoms with E-state index < -0.39 is 0 Å². The van der Waals surface area contributed by atoms with Gasteiger partial charge in [-0.2, -0.15) is 0 Å². The monoisotopic (exact) mass is 276 g/mol. The van der Waals surface area contributed by atoms with Crippen molar-refractivity contribution in [1.82, 2.24) is 0 Å². The van der Waals surface area contributed by atoms with Crippen LogP contribution in [-0.4, -0.2) is 5.48 Å². The van der Waals surface area contributed by atoms with Gasteiger partial charge < -0.3 is 5.48 Å². The van der Waals surface area contributed by atoms with Crippen LogP contribution in [0.3, 0.4) is 0 Å². The summed E-state index contributed by atoms with van der Waals surface area (Å²) in [6.07, 6.45) is 17.9. The molecule has 1 heteroatoms. The summed E-state index contributed by atoms with van der Waals surface area (Å²) < 4.78 is 0. The molecule has 0 aromatic rings.